The van der Waals surface area contributed by atoms with Crippen LogP contribution in [0.2, 0.25) is 0 Å². The molecule has 0 aromatic carbocycles. The van der Waals surface area contributed by atoms with Gasteiger partial charge in [-0.3, -0.25) is 4.79 Å². The van der Waals surface area contributed by atoms with Gasteiger partial charge in [0.1, 0.15) is 6.61 Å². The second-order valence-corrected chi connectivity index (χ2v) is 2.30. The Morgan fingerprint density at radius 1 is 1.83 bits per heavy atom. The van der Waals surface area contributed by atoms with Crippen molar-refractivity contribution in [2.75, 3.05) is 19.7 Å². The molecule has 68 valence electrons. The van der Waals surface area contributed by atoms with Gasteiger partial charge < -0.3 is 20.5 Å². The Balaban J connectivity index is 2.16. The summed E-state index contributed by atoms with van der Waals surface area (Å²) >= 11 is 0. The van der Waals surface area contributed by atoms with Crippen molar-refractivity contribution in [3.05, 3.63) is 0 Å². The highest BCUT2D eigenvalue weighted by Crippen LogP contribution is 1.99. The molecule has 1 fully saturated rings. The van der Waals surface area contributed by atoms with Crippen LogP contribution in [0.5, 0.6) is 0 Å². The van der Waals surface area contributed by atoms with Crippen molar-refractivity contribution in [2.45, 2.75) is 6.10 Å². The topological polar surface area (TPSA) is 90.7 Å². The van der Waals surface area contributed by atoms with Gasteiger partial charge in [0.15, 0.2) is 6.10 Å². The first-order valence-corrected chi connectivity index (χ1v) is 3.52. The lowest BCUT2D eigenvalue weighted by atomic mass is 10.4. The number of amides is 1. The van der Waals surface area contributed by atoms with E-state index in [-0.39, 0.29) is 19.3 Å². The van der Waals surface area contributed by atoms with E-state index in [1.165, 1.54) is 0 Å². The highest BCUT2D eigenvalue weighted by Gasteiger charge is 2.23. The van der Waals surface area contributed by atoms with Gasteiger partial charge in [-0.25, -0.2) is 4.79 Å². The van der Waals surface area contributed by atoms with E-state index >= 15 is 0 Å². The summed E-state index contributed by atoms with van der Waals surface area (Å²) < 4.78 is 9.33. The molecule has 1 amide bonds. The first kappa shape index (κ1) is 8.79. The van der Waals surface area contributed by atoms with Crippen LogP contribution < -0.4 is 11.1 Å². The molecule has 0 radical (unpaired) electrons. The molecular formula is C6H10N2O4. The molecule has 12 heavy (non-hydrogen) atoms. The molecule has 1 aliphatic rings. The van der Waals surface area contributed by atoms with Gasteiger partial charge in [-0.1, -0.05) is 0 Å². The third-order valence-corrected chi connectivity index (χ3v) is 1.34. The van der Waals surface area contributed by atoms with Crippen molar-refractivity contribution in [2.24, 2.45) is 5.73 Å². The highest BCUT2D eigenvalue weighted by atomic mass is 16.6. The van der Waals surface area contributed by atoms with E-state index in [2.05, 4.69) is 14.8 Å². The number of cyclic esters (lactones) is 1. The van der Waals surface area contributed by atoms with E-state index in [0.717, 1.165) is 0 Å². The molecule has 0 unspecified atom stereocenters. The molecule has 6 heteroatoms. The zero-order valence-electron chi connectivity index (χ0n) is 6.41. The fourth-order valence-electron chi connectivity index (χ4n) is 0.770. The summed E-state index contributed by atoms with van der Waals surface area (Å²) in [6.45, 7) is 0.277. The standard InChI is InChI=1S/C6H10N2O4/c7-1-5(9)11-3-4-2-8-6(10)12-4/h4H,1-3,7H2,(H,8,10)/t4-/m1/s1. The number of hydrogen-bond acceptors (Lipinski definition) is 5. The summed E-state index contributed by atoms with van der Waals surface area (Å²) in [7, 11) is 0. The summed E-state index contributed by atoms with van der Waals surface area (Å²) in [6.07, 6.45) is -0.864. The Hall–Kier alpha value is -1.30. The quantitative estimate of drug-likeness (QED) is 0.513. The molecule has 3 N–H and O–H groups in total. The number of alkyl carbamates (subject to hydrolysis) is 1. The Kier molecular flexibility index (Phi) is 2.87. The van der Waals surface area contributed by atoms with E-state index < -0.39 is 12.1 Å². The average molecular weight is 174 g/mol. The smallest absolute Gasteiger partial charge is 0.407 e. The molecule has 0 spiro atoms. The van der Waals surface area contributed by atoms with E-state index in [0.29, 0.717) is 6.54 Å². The Labute approximate surface area is 69.0 Å². The molecule has 6 nitrogen and oxygen atoms in total. The molecular weight excluding hydrogens is 164 g/mol. The zero-order valence-corrected chi connectivity index (χ0v) is 6.41. The molecule has 1 heterocycles. The molecule has 0 aliphatic carbocycles. The normalized spacial score (nSPS) is 21.4. The van der Waals surface area contributed by atoms with Gasteiger partial charge in [-0.15, -0.1) is 0 Å². The molecule has 1 aliphatic heterocycles. The number of carbonyl (C=O) groups is 2. The molecule has 0 saturated carbocycles. The van der Waals surface area contributed by atoms with Gasteiger partial charge in [-0.05, 0) is 0 Å². The molecule has 1 atom stereocenters. The number of hydrogen-bond donors (Lipinski definition) is 2. The molecule has 0 bridgehead atoms. The lowest BCUT2D eigenvalue weighted by Crippen LogP contribution is -2.25. The summed E-state index contributed by atoms with van der Waals surface area (Å²) in [5.41, 5.74) is 4.99. The Bertz CT molecular complexity index is 194. The SMILES string of the molecule is NCC(=O)OC[C@H]1CNC(=O)O1. The number of ether oxygens (including phenoxy) is 2. The first-order valence-electron chi connectivity index (χ1n) is 3.52. The number of rotatable bonds is 3. The number of carbonyl (C=O) groups excluding carboxylic acids is 2. The van der Waals surface area contributed by atoms with Crippen LogP contribution in [-0.4, -0.2) is 37.9 Å². The summed E-state index contributed by atoms with van der Waals surface area (Å²) in [6, 6.07) is 0. The van der Waals surface area contributed by atoms with Gasteiger partial charge in [0.2, 0.25) is 0 Å². The maximum absolute atomic E-state index is 10.5. The van der Waals surface area contributed by atoms with Crippen molar-refractivity contribution in [1.29, 1.82) is 0 Å². The van der Waals surface area contributed by atoms with E-state index in [4.69, 9.17) is 5.73 Å². The Morgan fingerprint density at radius 3 is 3.08 bits per heavy atom. The lowest BCUT2D eigenvalue weighted by Gasteiger charge is -2.07. The second kappa shape index (κ2) is 3.91. The minimum Gasteiger partial charge on any atom is -0.461 e. The molecule has 0 aromatic rings. The van der Waals surface area contributed by atoms with Crippen LogP contribution in [0.25, 0.3) is 0 Å². The third-order valence-electron chi connectivity index (χ3n) is 1.34. The minimum atomic E-state index is -0.502. The first-order chi connectivity index (χ1) is 5.72. The van der Waals surface area contributed by atoms with Crippen molar-refractivity contribution in [3.8, 4) is 0 Å². The van der Waals surface area contributed by atoms with Crippen molar-refractivity contribution in [1.82, 2.24) is 5.32 Å². The fourth-order valence-corrected chi connectivity index (χ4v) is 0.770. The second-order valence-electron chi connectivity index (χ2n) is 2.30. The molecule has 1 saturated heterocycles. The van der Waals surface area contributed by atoms with Gasteiger partial charge in [0, 0.05) is 0 Å². The number of nitrogens with one attached hydrogen (secondary N) is 1. The molecule has 1 rings (SSSR count). The summed E-state index contributed by atoms with van der Waals surface area (Å²) in [5, 5.41) is 2.43. The molecule has 0 aromatic heterocycles. The van der Waals surface area contributed by atoms with Gasteiger partial charge >= 0.3 is 12.1 Å². The van der Waals surface area contributed by atoms with Gasteiger partial charge in [0.25, 0.3) is 0 Å². The summed E-state index contributed by atoms with van der Waals surface area (Å²) in [5.74, 6) is -0.502. The Morgan fingerprint density at radius 2 is 2.58 bits per heavy atom. The van der Waals surface area contributed by atoms with Crippen LogP contribution in [0.3, 0.4) is 0 Å². The average Bonchev–Trinajstić information content (AvgIpc) is 2.47. The monoisotopic (exact) mass is 174 g/mol. The number of esters is 1. The van der Waals surface area contributed by atoms with Crippen LogP contribution in [0.4, 0.5) is 4.79 Å². The van der Waals surface area contributed by atoms with Crippen LogP contribution in [0.1, 0.15) is 0 Å². The number of nitrogens with two attached hydrogens (primary N) is 1. The van der Waals surface area contributed by atoms with E-state index in [1.54, 1.807) is 0 Å². The van der Waals surface area contributed by atoms with Crippen molar-refractivity contribution in [3.63, 3.8) is 0 Å². The zero-order chi connectivity index (χ0) is 8.97. The largest absolute Gasteiger partial charge is 0.461 e. The van der Waals surface area contributed by atoms with E-state index in [1.807, 2.05) is 0 Å². The summed E-state index contributed by atoms with van der Waals surface area (Å²) in [4.78, 5) is 21.0. The van der Waals surface area contributed by atoms with Gasteiger partial charge in [0.05, 0.1) is 13.1 Å². The maximum Gasteiger partial charge on any atom is 0.407 e. The maximum atomic E-state index is 10.5. The third kappa shape index (κ3) is 2.39. The minimum absolute atomic E-state index is 0.0643. The van der Waals surface area contributed by atoms with Crippen molar-refractivity contribution >= 4 is 12.1 Å². The van der Waals surface area contributed by atoms with E-state index in [9.17, 15) is 9.59 Å². The predicted molar refractivity (Wildman–Crippen MR) is 38.3 cm³/mol. The van der Waals surface area contributed by atoms with Crippen LogP contribution >= 0.6 is 0 Å². The predicted octanol–water partition coefficient (Wildman–Crippen LogP) is -1.40. The van der Waals surface area contributed by atoms with Crippen molar-refractivity contribution < 1.29 is 19.1 Å². The van der Waals surface area contributed by atoms with Gasteiger partial charge in [-0.2, -0.15) is 0 Å². The van der Waals surface area contributed by atoms with Crippen LogP contribution in [0, 0.1) is 0 Å². The highest BCUT2D eigenvalue weighted by molar-refractivity contribution is 5.71. The fraction of sp³-hybridized carbons (Fsp3) is 0.667. The van der Waals surface area contributed by atoms with Crippen LogP contribution in [-0.2, 0) is 14.3 Å². The van der Waals surface area contributed by atoms with Crippen LogP contribution in [0.15, 0.2) is 0 Å². The lowest BCUT2D eigenvalue weighted by molar-refractivity contribution is -0.144.